The lowest BCUT2D eigenvalue weighted by atomic mass is 10.3. The predicted molar refractivity (Wildman–Crippen MR) is 53.5 cm³/mol. The molecule has 0 aliphatic rings. The van der Waals surface area contributed by atoms with Gasteiger partial charge in [-0.05, 0) is 22.6 Å². The molecule has 0 saturated carbocycles. The predicted octanol–water partition coefficient (Wildman–Crippen LogP) is 3.29. The van der Waals surface area contributed by atoms with Crippen LogP contribution in [0.15, 0.2) is 6.07 Å². The van der Waals surface area contributed by atoms with Crippen LogP contribution in [-0.2, 0) is 0 Å². The molecule has 0 unspecified atom stereocenters. The summed E-state index contributed by atoms with van der Waals surface area (Å²) in [4.78, 5) is 3.51. The molecule has 0 aliphatic heterocycles. The molecule has 2 nitrogen and oxygen atoms in total. The SMILES string of the molecule is COc1cc(Cl)nc(C(F)F)c1I. The Labute approximate surface area is 92.4 Å². The van der Waals surface area contributed by atoms with E-state index in [2.05, 4.69) is 4.98 Å². The molecule has 6 heteroatoms. The molecule has 0 fully saturated rings. The molecule has 0 bridgehead atoms. The second-order valence-electron chi connectivity index (χ2n) is 2.15. The average Bonchev–Trinajstić information content (AvgIpc) is 2.08. The number of ether oxygens (including phenoxy) is 1. The van der Waals surface area contributed by atoms with E-state index in [-0.39, 0.29) is 10.8 Å². The zero-order valence-electron chi connectivity index (χ0n) is 6.52. The summed E-state index contributed by atoms with van der Waals surface area (Å²) < 4.78 is 29.8. The molecule has 0 spiro atoms. The van der Waals surface area contributed by atoms with Gasteiger partial charge in [-0.25, -0.2) is 13.8 Å². The number of alkyl halides is 2. The van der Waals surface area contributed by atoms with Crippen molar-refractivity contribution in [3.8, 4) is 5.75 Å². The van der Waals surface area contributed by atoms with E-state index < -0.39 is 6.43 Å². The summed E-state index contributed by atoms with van der Waals surface area (Å²) in [5, 5.41) is 0.00701. The third-order valence-electron chi connectivity index (χ3n) is 1.35. The van der Waals surface area contributed by atoms with Crippen molar-refractivity contribution in [1.29, 1.82) is 0 Å². The van der Waals surface area contributed by atoms with Crippen molar-refractivity contribution in [2.24, 2.45) is 0 Å². The Morgan fingerprint density at radius 1 is 1.62 bits per heavy atom. The van der Waals surface area contributed by atoms with Crippen LogP contribution >= 0.6 is 34.2 Å². The number of rotatable bonds is 2. The smallest absolute Gasteiger partial charge is 0.281 e. The third-order valence-corrected chi connectivity index (χ3v) is 2.62. The van der Waals surface area contributed by atoms with Crippen LogP contribution in [-0.4, -0.2) is 12.1 Å². The molecular formula is C7H5ClF2INO. The zero-order chi connectivity index (χ0) is 10.0. The van der Waals surface area contributed by atoms with Gasteiger partial charge in [0.1, 0.15) is 16.6 Å². The number of aromatic nitrogens is 1. The quantitative estimate of drug-likeness (QED) is 0.616. The standard InChI is InChI=1S/C7H5ClF2INO/c1-13-3-2-4(8)12-6(5(3)11)7(9)10/h2,7H,1H3. The molecule has 13 heavy (non-hydrogen) atoms. The summed E-state index contributed by atoms with van der Waals surface area (Å²) in [7, 11) is 1.39. The first kappa shape index (κ1) is 10.9. The summed E-state index contributed by atoms with van der Waals surface area (Å²) in [6, 6.07) is 1.40. The fourth-order valence-corrected chi connectivity index (χ4v) is 1.71. The van der Waals surface area contributed by atoms with Crippen LogP contribution in [0.3, 0.4) is 0 Å². The van der Waals surface area contributed by atoms with Crippen molar-refractivity contribution in [2.75, 3.05) is 7.11 Å². The maximum absolute atomic E-state index is 12.3. The van der Waals surface area contributed by atoms with E-state index in [4.69, 9.17) is 16.3 Å². The molecule has 1 aromatic rings. The molecular weight excluding hydrogens is 314 g/mol. The van der Waals surface area contributed by atoms with Gasteiger partial charge in [-0.1, -0.05) is 11.6 Å². The second-order valence-corrected chi connectivity index (χ2v) is 3.61. The van der Waals surface area contributed by atoms with E-state index in [0.717, 1.165) is 0 Å². The lowest BCUT2D eigenvalue weighted by Gasteiger charge is -2.07. The molecule has 0 N–H and O–H groups in total. The van der Waals surface area contributed by atoms with Crippen LogP contribution in [0.1, 0.15) is 12.1 Å². The van der Waals surface area contributed by atoms with E-state index >= 15 is 0 Å². The van der Waals surface area contributed by atoms with Crippen molar-refractivity contribution in [3.63, 3.8) is 0 Å². The van der Waals surface area contributed by atoms with E-state index in [0.29, 0.717) is 9.32 Å². The highest BCUT2D eigenvalue weighted by molar-refractivity contribution is 14.1. The first-order chi connectivity index (χ1) is 6.06. The molecule has 0 saturated heterocycles. The Morgan fingerprint density at radius 2 is 2.23 bits per heavy atom. The molecule has 0 aliphatic carbocycles. The Kier molecular flexibility index (Phi) is 3.66. The average molecular weight is 319 g/mol. The lowest BCUT2D eigenvalue weighted by Crippen LogP contribution is -1.98. The van der Waals surface area contributed by atoms with Crippen LogP contribution < -0.4 is 4.74 Å². The Balaban J connectivity index is 3.27. The van der Waals surface area contributed by atoms with Crippen molar-refractivity contribution < 1.29 is 13.5 Å². The molecule has 1 rings (SSSR count). The molecule has 72 valence electrons. The van der Waals surface area contributed by atoms with Gasteiger partial charge in [-0.2, -0.15) is 0 Å². The normalized spacial score (nSPS) is 10.6. The van der Waals surface area contributed by atoms with Gasteiger partial charge < -0.3 is 4.74 Å². The van der Waals surface area contributed by atoms with E-state index in [1.165, 1.54) is 13.2 Å². The third kappa shape index (κ3) is 2.40. The molecule has 0 amide bonds. The molecule has 1 aromatic heterocycles. The van der Waals surface area contributed by atoms with Gasteiger partial charge in [0.05, 0.1) is 10.7 Å². The van der Waals surface area contributed by atoms with Crippen molar-refractivity contribution >= 4 is 34.2 Å². The van der Waals surface area contributed by atoms with Crippen LogP contribution in [0.25, 0.3) is 0 Å². The number of pyridine rings is 1. The molecule has 0 radical (unpaired) electrons. The Morgan fingerprint density at radius 3 is 2.69 bits per heavy atom. The minimum absolute atomic E-state index is 0.00701. The summed E-state index contributed by atoms with van der Waals surface area (Å²) in [6.45, 7) is 0. The zero-order valence-corrected chi connectivity index (χ0v) is 9.44. The number of hydrogen-bond donors (Lipinski definition) is 0. The highest BCUT2D eigenvalue weighted by Gasteiger charge is 2.18. The minimum Gasteiger partial charge on any atom is -0.495 e. The van der Waals surface area contributed by atoms with E-state index in [9.17, 15) is 8.78 Å². The van der Waals surface area contributed by atoms with Gasteiger partial charge in [0.25, 0.3) is 6.43 Å². The summed E-state index contributed by atoms with van der Waals surface area (Å²) in [6.07, 6.45) is -2.64. The van der Waals surface area contributed by atoms with Crippen LogP contribution in [0.4, 0.5) is 8.78 Å². The van der Waals surface area contributed by atoms with Crippen molar-refractivity contribution in [2.45, 2.75) is 6.43 Å². The fraction of sp³-hybridized carbons (Fsp3) is 0.286. The van der Waals surface area contributed by atoms with Crippen molar-refractivity contribution in [3.05, 3.63) is 20.5 Å². The van der Waals surface area contributed by atoms with Crippen LogP contribution in [0, 0.1) is 3.57 Å². The van der Waals surface area contributed by atoms with E-state index in [1.54, 1.807) is 22.6 Å². The highest BCUT2D eigenvalue weighted by Crippen LogP contribution is 2.31. The monoisotopic (exact) mass is 319 g/mol. The van der Waals surface area contributed by atoms with Gasteiger partial charge in [-0.15, -0.1) is 0 Å². The Hall–Kier alpha value is -0.170. The molecule has 1 heterocycles. The largest absolute Gasteiger partial charge is 0.495 e. The number of hydrogen-bond acceptors (Lipinski definition) is 2. The summed E-state index contributed by atoms with van der Waals surface area (Å²) in [5.74, 6) is 0.316. The summed E-state index contributed by atoms with van der Waals surface area (Å²) in [5.41, 5.74) is -0.343. The highest BCUT2D eigenvalue weighted by atomic mass is 127. The van der Waals surface area contributed by atoms with Crippen LogP contribution in [0.2, 0.25) is 5.15 Å². The van der Waals surface area contributed by atoms with Gasteiger partial charge in [0, 0.05) is 6.07 Å². The van der Waals surface area contributed by atoms with Gasteiger partial charge >= 0.3 is 0 Å². The first-order valence-corrected chi connectivity index (χ1v) is 4.70. The van der Waals surface area contributed by atoms with E-state index in [1.807, 2.05) is 0 Å². The number of methoxy groups -OCH3 is 1. The number of halogens is 4. The Bertz CT molecular complexity index is 322. The number of nitrogens with zero attached hydrogens (tertiary/aromatic N) is 1. The molecule has 0 atom stereocenters. The minimum atomic E-state index is -2.64. The molecule has 0 aromatic carbocycles. The van der Waals surface area contributed by atoms with Gasteiger partial charge in [0.15, 0.2) is 0 Å². The first-order valence-electron chi connectivity index (χ1n) is 3.24. The second kappa shape index (κ2) is 4.36. The maximum Gasteiger partial charge on any atom is 0.281 e. The summed E-state index contributed by atoms with van der Waals surface area (Å²) >= 11 is 7.26. The van der Waals surface area contributed by atoms with Gasteiger partial charge in [-0.3, -0.25) is 0 Å². The topological polar surface area (TPSA) is 22.1 Å². The lowest BCUT2D eigenvalue weighted by molar-refractivity contribution is 0.144. The van der Waals surface area contributed by atoms with Crippen LogP contribution in [0.5, 0.6) is 5.75 Å². The maximum atomic E-state index is 12.3. The van der Waals surface area contributed by atoms with Gasteiger partial charge in [0.2, 0.25) is 0 Å². The van der Waals surface area contributed by atoms with Crippen molar-refractivity contribution in [1.82, 2.24) is 4.98 Å². The fourth-order valence-electron chi connectivity index (χ4n) is 0.787.